The maximum absolute atomic E-state index is 17.3. The number of ether oxygens (including phenoxy) is 1. The fourth-order valence-electron chi connectivity index (χ4n) is 7.03. The van der Waals surface area contributed by atoms with Crippen molar-refractivity contribution in [2.75, 3.05) is 51.3 Å². The van der Waals surface area contributed by atoms with Gasteiger partial charge in [0.15, 0.2) is 0 Å². The lowest BCUT2D eigenvalue weighted by molar-refractivity contribution is -0.145. The molecule has 3 aliphatic rings. The molecule has 1 N–H and O–H groups in total. The van der Waals surface area contributed by atoms with Gasteiger partial charge in [0, 0.05) is 56.4 Å². The van der Waals surface area contributed by atoms with Crippen LogP contribution in [0.25, 0.3) is 0 Å². The van der Waals surface area contributed by atoms with Gasteiger partial charge in [-0.15, -0.1) is 0 Å². The number of piperidine rings is 2. The van der Waals surface area contributed by atoms with Crippen LogP contribution in [0.3, 0.4) is 0 Å². The number of halogens is 4. The third kappa shape index (κ3) is 6.43. The number of hydrogen-bond acceptors (Lipinski definition) is 5. The first-order valence-corrected chi connectivity index (χ1v) is 15.8. The second kappa shape index (κ2) is 12.5. The summed E-state index contributed by atoms with van der Waals surface area (Å²) in [5.74, 6) is -0.543. The molecule has 0 bridgehead atoms. The lowest BCUT2D eigenvalue weighted by Gasteiger charge is -2.39. The van der Waals surface area contributed by atoms with Crippen LogP contribution in [0, 0.1) is 0 Å². The summed E-state index contributed by atoms with van der Waals surface area (Å²) in [6, 6.07) is 11.2. The Kier molecular flexibility index (Phi) is 9.25. The van der Waals surface area contributed by atoms with Crippen molar-refractivity contribution in [1.82, 2.24) is 9.80 Å². The molecule has 0 saturated carbocycles. The number of nitrogens with zero attached hydrogens (tertiary/aromatic N) is 3. The quantitative estimate of drug-likeness (QED) is 0.365. The van der Waals surface area contributed by atoms with E-state index in [1.807, 2.05) is 17.0 Å². The lowest BCUT2D eigenvalue weighted by atomic mass is 9.83. The Morgan fingerprint density at radius 2 is 1.64 bits per heavy atom. The molecule has 2 aromatic rings. The van der Waals surface area contributed by atoms with Crippen molar-refractivity contribution < 1.29 is 32.2 Å². The van der Waals surface area contributed by atoms with Gasteiger partial charge in [0.05, 0.1) is 18.8 Å². The average molecular weight is 620 g/mol. The summed E-state index contributed by atoms with van der Waals surface area (Å²) in [6.45, 7) is 8.27. The maximum atomic E-state index is 17.3. The molecule has 6 nitrogen and oxygen atoms in total. The van der Waals surface area contributed by atoms with Gasteiger partial charge in [-0.2, -0.15) is 13.2 Å². The molecule has 3 heterocycles. The highest BCUT2D eigenvalue weighted by atomic mass is 19.4. The molecule has 0 radical (unpaired) electrons. The van der Waals surface area contributed by atoms with Crippen molar-refractivity contribution in [1.29, 1.82) is 0 Å². The number of amides is 1. The highest BCUT2D eigenvalue weighted by Crippen LogP contribution is 2.45. The summed E-state index contributed by atoms with van der Waals surface area (Å²) in [7, 11) is 1.58. The van der Waals surface area contributed by atoms with Gasteiger partial charge < -0.3 is 19.6 Å². The molecular formula is C34H45F4N3O3. The van der Waals surface area contributed by atoms with Crippen LogP contribution in [0.5, 0.6) is 5.75 Å². The third-order valence-electron chi connectivity index (χ3n) is 10.4. The van der Waals surface area contributed by atoms with E-state index in [4.69, 9.17) is 4.74 Å². The number of carbonyl (C=O) groups excluding carboxylic acids is 1. The van der Waals surface area contributed by atoms with E-state index in [0.29, 0.717) is 69.8 Å². The van der Waals surface area contributed by atoms with E-state index in [9.17, 15) is 23.1 Å². The molecule has 5 rings (SSSR count). The minimum Gasteiger partial charge on any atom is -0.497 e. The number of anilines is 1. The summed E-state index contributed by atoms with van der Waals surface area (Å²) < 4.78 is 63.5. The van der Waals surface area contributed by atoms with E-state index in [0.717, 1.165) is 23.6 Å². The van der Waals surface area contributed by atoms with Crippen molar-refractivity contribution in [3.05, 3.63) is 59.2 Å². The second-order valence-corrected chi connectivity index (χ2v) is 13.3. The number of benzene rings is 2. The van der Waals surface area contributed by atoms with Crippen LogP contribution in [-0.4, -0.2) is 84.5 Å². The van der Waals surface area contributed by atoms with Crippen molar-refractivity contribution in [2.45, 2.75) is 88.2 Å². The van der Waals surface area contributed by atoms with Crippen LogP contribution >= 0.6 is 0 Å². The van der Waals surface area contributed by atoms with Gasteiger partial charge in [0.1, 0.15) is 5.75 Å². The van der Waals surface area contributed by atoms with Crippen LogP contribution in [-0.2, 0) is 11.0 Å². The summed E-state index contributed by atoms with van der Waals surface area (Å²) in [5.41, 5.74) is -0.959. The van der Waals surface area contributed by atoms with Crippen LogP contribution in [0.1, 0.15) is 81.4 Å². The fourth-order valence-corrected chi connectivity index (χ4v) is 7.03. The van der Waals surface area contributed by atoms with Gasteiger partial charge >= 0.3 is 6.18 Å². The van der Waals surface area contributed by atoms with Crippen LogP contribution in [0.15, 0.2) is 42.5 Å². The minimum atomic E-state index is -4.46. The van der Waals surface area contributed by atoms with E-state index < -0.39 is 35.3 Å². The number of carbonyl (C=O) groups is 1. The molecule has 44 heavy (non-hydrogen) atoms. The molecule has 0 unspecified atom stereocenters. The number of aliphatic hydroxyl groups is 1. The molecule has 10 heteroatoms. The Balaban J connectivity index is 1.36. The largest absolute Gasteiger partial charge is 0.497 e. The first-order chi connectivity index (χ1) is 20.8. The molecule has 242 valence electrons. The number of methoxy groups -OCH3 is 1. The zero-order valence-electron chi connectivity index (χ0n) is 26.2. The van der Waals surface area contributed by atoms with Gasteiger partial charge in [-0.25, -0.2) is 4.39 Å². The molecule has 0 spiro atoms. The van der Waals surface area contributed by atoms with Gasteiger partial charge in [-0.3, -0.25) is 9.69 Å². The topological polar surface area (TPSA) is 56.2 Å². The first kappa shape index (κ1) is 32.5. The van der Waals surface area contributed by atoms with Crippen molar-refractivity contribution in [3.63, 3.8) is 0 Å². The smallest absolute Gasteiger partial charge is 0.416 e. The fraction of sp³-hybridized carbons (Fsp3) is 0.618. The van der Waals surface area contributed by atoms with Crippen molar-refractivity contribution >= 4 is 11.6 Å². The Morgan fingerprint density at radius 1 is 1.00 bits per heavy atom. The summed E-state index contributed by atoms with van der Waals surface area (Å²) >= 11 is 0. The maximum Gasteiger partial charge on any atom is 0.416 e. The Morgan fingerprint density at radius 3 is 2.20 bits per heavy atom. The molecule has 2 atom stereocenters. The zero-order chi connectivity index (χ0) is 31.9. The van der Waals surface area contributed by atoms with Crippen LogP contribution in [0.4, 0.5) is 23.2 Å². The van der Waals surface area contributed by atoms with Gasteiger partial charge in [0.25, 0.3) is 5.91 Å². The lowest BCUT2D eigenvalue weighted by Crippen LogP contribution is -2.53. The molecule has 0 aliphatic carbocycles. The van der Waals surface area contributed by atoms with Gasteiger partial charge in [-0.05, 0) is 87.3 Å². The highest BCUT2D eigenvalue weighted by molar-refractivity contribution is 5.87. The summed E-state index contributed by atoms with van der Waals surface area (Å²) in [4.78, 5) is 19.7. The monoisotopic (exact) mass is 619 g/mol. The molecular weight excluding hydrogens is 574 g/mol. The summed E-state index contributed by atoms with van der Waals surface area (Å²) in [5, 5.41) is 9.97. The predicted octanol–water partition coefficient (Wildman–Crippen LogP) is 6.38. The van der Waals surface area contributed by atoms with Gasteiger partial charge in [0.2, 0.25) is 5.67 Å². The second-order valence-electron chi connectivity index (χ2n) is 13.3. The Labute approximate surface area is 258 Å². The average Bonchev–Trinajstić information content (AvgIpc) is 3.39. The van der Waals surface area contributed by atoms with Crippen LogP contribution < -0.4 is 9.64 Å². The van der Waals surface area contributed by atoms with E-state index in [1.165, 1.54) is 6.07 Å². The summed E-state index contributed by atoms with van der Waals surface area (Å²) in [6.07, 6.45) is -2.02. The van der Waals surface area contributed by atoms with E-state index >= 15 is 4.39 Å². The normalized spacial score (nSPS) is 24.6. The van der Waals surface area contributed by atoms with Crippen molar-refractivity contribution in [2.24, 2.45) is 0 Å². The van der Waals surface area contributed by atoms with Crippen molar-refractivity contribution in [3.8, 4) is 5.75 Å². The first-order valence-electron chi connectivity index (χ1n) is 15.8. The van der Waals surface area contributed by atoms with E-state index in [1.54, 1.807) is 30.2 Å². The molecule has 3 saturated heterocycles. The predicted molar refractivity (Wildman–Crippen MR) is 163 cm³/mol. The molecule has 3 aliphatic heterocycles. The molecule has 3 fully saturated rings. The minimum absolute atomic E-state index is 0.00710. The zero-order valence-corrected chi connectivity index (χ0v) is 26.2. The Hall–Kier alpha value is -2.85. The van der Waals surface area contributed by atoms with E-state index in [-0.39, 0.29) is 18.0 Å². The number of alkyl halides is 4. The highest BCUT2D eigenvalue weighted by Gasteiger charge is 2.57. The SMILES string of the molecule is CCC(C)(C)N1C[C@@H](c2ccc(OC)cc2)[C@](F)(C(=O)N2CCC(c3ccc(C(F)(F)F)cc3N3CCC(O)CC3)CC2)C1. The Bertz CT molecular complexity index is 1300. The standard InChI is InChI=1S/C34H45F4N3O3/c1-5-32(2,3)41-21-29(24-6-9-27(44-4)10-7-24)33(35,22-41)31(43)40-16-12-23(13-17-40)28-11-8-25(34(36,37)38)20-30(28)39-18-14-26(42)15-19-39/h6-11,20,23,26,29,42H,5,12-19,21-22H2,1-4H3/t29-,33-/m0/s1. The molecule has 0 aromatic heterocycles. The van der Waals surface area contributed by atoms with Gasteiger partial charge in [-0.1, -0.05) is 25.1 Å². The number of rotatable bonds is 7. The van der Waals surface area contributed by atoms with E-state index in [2.05, 4.69) is 25.7 Å². The molecule has 2 aromatic carbocycles. The number of likely N-dealkylation sites (tertiary alicyclic amines) is 2. The third-order valence-corrected chi connectivity index (χ3v) is 10.4. The molecule has 1 amide bonds. The number of hydrogen-bond donors (Lipinski definition) is 1. The van der Waals surface area contributed by atoms with Crippen LogP contribution in [0.2, 0.25) is 0 Å². The number of aliphatic hydroxyl groups excluding tert-OH is 1.